The van der Waals surface area contributed by atoms with Gasteiger partial charge in [0.25, 0.3) is 5.56 Å². The molecule has 1 aliphatic heterocycles. The molecule has 1 amide bonds. The largest absolute Gasteiger partial charge is 0.495 e. The molecule has 0 aliphatic carbocycles. The molecule has 11 heteroatoms. The van der Waals surface area contributed by atoms with Crippen LogP contribution in [-0.4, -0.2) is 60.1 Å². The minimum absolute atomic E-state index is 0.0484. The molecule has 1 aromatic heterocycles. The summed E-state index contributed by atoms with van der Waals surface area (Å²) in [6.45, 7) is -1.14. The van der Waals surface area contributed by atoms with Gasteiger partial charge in [0.1, 0.15) is 24.8 Å². The Morgan fingerprint density at radius 2 is 1.83 bits per heavy atom. The molecule has 1 fully saturated rings. The summed E-state index contributed by atoms with van der Waals surface area (Å²) in [6.07, 6.45) is 0.556. The number of piperidine rings is 1. The lowest BCUT2D eigenvalue weighted by Gasteiger charge is -2.31. The summed E-state index contributed by atoms with van der Waals surface area (Å²) < 4.78 is 39.3. The second kappa shape index (κ2) is 11.1. The van der Waals surface area contributed by atoms with Crippen LogP contribution in [-0.2, 0) is 11.3 Å². The van der Waals surface area contributed by atoms with Crippen molar-refractivity contribution in [3.05, 3.63) is 67.8 Å². The zero-order valence-corrected chi connectivity index (χ0v) is 20.4. The zero-order valence-electron chi connectivity index (χ0n) is 19.7. The lowest BCUT2D eigenvalue weighted by Crippen LogP contribution is -2.44. The maximum absolute atomic E-state index is 13.7. The van der Waals surface area contributed by atoms with Crippen LogP contribution in [0.2, 0.25) is 5.02 Å². The summed E-state index contributed by atoms with van der Waals surface area (Å²) >= 11 is 6.24. The van der Waals surface area contributed by atoms with Crippen LogP contribution >= 0.6 is 11.6 Å². The molecule has 36 heavy (non-hydrogen) atoms. The first-order chi connectivity index (χ1) is 17.4. The Labute approximate surface area is 210 Å². The second-order valence-electron chi connectivity index (χ2n) is 8.61. The van der Waals surface area contributed by atoms with E-state index < -0.39 is 30.7 Å². The topological polar surface area (TPSA) is 82.8 Å². The third-order valence-corrected chi connectivity index (χ3v) is 6.65. The van der Waals surface area contributed by atoms with E-state index in [0.717, 1.165) is 11.0 Å². The van der Waals surface area contributed by atoms with Crippen molar-refractivity contribution in [1.82, 2.24) is 14.0 Å². The Hall–Kier alpha value is -3.40. The van der Waals surface area contributed by atoms with Crippen molar-refractivity contribution in [2.45, 2.75) is 31.5 Å². The van der Waals surface area contributed by atoms with Gasteiger partial charge in [-0.3, -0.25) is 18.7 Å². The van der Waals surface area contributed by atoms with Gasteiger partial charge in [0, 0.05) is 19.1 Å². The van der Waals surface area contributed by atoms with E-state index in [1.807, 2.05) is 0 Å². The molecule has 0 atom stereocenters. The fourth-order valence-corrected chi connectivity index (χ4v) is 4.74. The van der Waals surface area contributed by atoms with Gasteiger partial charge in [-0.1, -0.05) is 17.7 Å². The zero-order chi connectivity index (χ0) is 25.8. The normalized spacial score (nSPS) is 14.4. The average Bonchev–Trinajstić information content (AvgIpc) is 2.90. The van der Waals surface area contributed by atoms with Crippen molar-refractivity contribution in [2.24, 2.45) is 0 Å². The summed E-state index contributed by atoms with van der Waals surface area (Å²) in [4.78, 5) is 40.0. The van der Waals surface area contributed by atoms with Gasteiger partial charge < -0.3 is 14.4 Å². The van der Waals surface area contributed by atoms with Crippen LogP contribution in [0.15, 0.2) is 46.0 Å². The summed E-state index contributed by atoms with van der Waals surface area (Å²) in [6, 6.07) is 9.18. The minimum atomic E-state index is -1.29. The fourth-order valence-electron chi connectivity index (χ4n) is 4.46. The molecule has 0 N–H and O–H groups in total. The summed E-state index contributed by atoms with van der Waals surface area (Å²) in [5.74, 6) is 0.586. The Morgan fingerprint density at radius 1 is 1.11 bits per heavy atom. The van der Waals surface area contributed by atoms with Crippen molar-refractivity contribution < 1.29 is 23.0 Å². The first kappa shape index (κ1) is 25.7. The van der Waals surface area contributed by atoms with Gasteiger partial charge in [0.15, 0.2) is 6.10 Å². The molecule has 2 aromatic carbocycles. The smallest absolute Gasteiger partial charge is 0.332 e. The summed E-state index contributed by atoms with van der Waals surface area (Å²) in [5.41, 5.74) is -0.0546. The first-order valence-electron chi connectivity index (χ1n) is 11.5. The van der Waals surface area contributed by atoms with Crippen molar-refractivity contribution >= 4 is 28.9 Å². The highest BCUT2D eigenvalue weighted by Crippen LogP contribution is 2.27. The third-order valence-electron chi connectivity index (χ3n) is 6.36. The number of carbonyl (C=O) groups is 1. The first-order valence-corrected chi connectivity index (χ1v) is 11.9. The van der Waals surface area contributed by atoms with E-state index in [4.69, 9.17) is 21.1 Å². The van der Waals surface area contributed by atoms with Gasteiger partial charge in [0.2, 0.25) is 6.41 Å². The van der Waals surface area contributed by atoms with Gasteiger partial charge >= 0.3 is 5.69 Å². The summed E-state index contributed by atoms with van der Waals surface area (Å²) in [7, 11) is 1.49. The van der Waals surface area contributed by atoms with Crippen molar-refractivity contribution in [3.8, 4) is 11.5 Å². The monoisotopic (exact) mass is 521 g/mol. The molecule has 192 valence electrons. The Kier molecular flexibility index (Phi) is 7.93. The lowest BCUT2D eigenvalue weighted by molar-refractivity contribution is -0.119. The average molecular weight is 522 g/mol. The highest BCUT2D eigenvalue weighted by Gasteiger charge is 2.25. The molecule has 3 aromatic rings. The molecule has 0 radical (unpaired) electrons. The van der Waals surface area contributed by atoms with Crippen LogP contribution in [0.1, 0.15) is 24.4 Å². The number of fused-ring (bicyclic) bond motifs is 1. The van der Waals surface area contributed by atoms with Crippen LogP contribution < -0.4 is 20.7 Å². The fraction of sp³-hybridized carbons (Fsp3) is 0.400. The molecule has 0 spiro atoms. The highest BCUT2D eigenvalue weighted by molar-refractivity contribution is 6.32. The van der Waals surface area contributed by atoms with E-state index in [2.05, 4.69) is 0 Å². The number of methoxy groups -OCH3 is 1. The molecule has 4 rings (SSSR count). The number of rotatable bonds is 9. The molecule has 0 bridgehead atoms. The van der Waals surface area contributed by atoms with Gasteiger partial charge in [-0.25, -0.2) is 13.6 Å². The highest BCUT2D eigenvalue weighted by atomic mass is 35.5. The Bertz CT molecular complexity index is 1360. The molecule has 0 saturated carbocycles. The Balaban J connectivity index is 1.85. The number of nitrogens with zero attached hydrogens (tertiary/aromatic N) is 3. The van der Waals surface area contributed by atoms with E-state index >= 15 is 0 Å². The van der Waals surface area contributed by atoms with Gasteiger partial charge in [-0.15, -0.1) is 0 Å². The van der Waals surface area contributed by atoms with Gasteiger partial charge in [0.05, 0.1) is 29.6 Å². The minimum Gasteiger partial charge on any atom is -0.495 e. The molecule has 1 saturated heterocycles. The summed E-state index contributed by atoms with van der Waals surface area (Å²) in [5, 5.41) is 0.519. The van der Waals surface area contributed by atoms with Crippen LogP contribution in [0.4, 0.5) is 8.78 Å². The number of hydrogen-bond acceptors (Lipinski definition) is 5. The molecule has 8 nitrogen and oxygen atoms in total. The number of likely N-dealkylation sites (tertiary alicyclic amines) is 1. The quantitative estimate of drug-likeness (QED) is 0.403. The van der Waals surface area contributed by atoms with E-state index in [0.29, 0.717) is 47.8 Å². The van der Waals surface area contributed by atoms with E-state index in [1.165, 1.54) is 19.2 Å². The van der Waals surface area contributed by atoms with Crippen LogP contribution in [0.5, 0.6) is 11.5 Å². The van der Waals surface area contributed by atoms with E-state index in [-0.39, 0.29) is 23.7 Å². The maximum atomic E-state index is 13.7. The molecular formula is C25H26ClF2N3O5. The SMILES string of the molecule is COc1ccc(Cn2c(=O)c3cc(OC(CF)CF)ccc3n(C3CCN(C=O)CC3)c2=O)cc1Cl. The van der Waals surface area contributed by atoms with Crippen LogP contribution in [0.25, 0.3) is 10.9 Å². The Morgan fingerprint density at radius 3 is 2.44 bits per heavy atom. The molecule has 1 aliphatic rings. The maximum Gasteiger partial charge on any atom is 0.332 e. The molecular weight excluding hydrogens is 496 g/mol. The number of carbonyl (C=O) groups excluding carboxylic acids is 1. The second-order valence-corrected chi connectivity index (χ2v) is 9.02. The van der Waals surface area contributed by atoms with Crippen molar-refractivity contribution in [3.63, 3.8) is 0 Å². The van der Waals surface area contributed by atoms with Crippen LogP contribution in [0.3, 0.4) is 0 Å². The van der Waals surface area contributed by atoms with Crippen LogP contribution in [0, 0.1) is 0 Å². The van der Waals surface area contributed by atoms with Crippen molar-refractivity contribution in [2.75, 3.05) is 33.5 Å². The number of ether oxygens (including phenoxy) is 2. The predicted molar refractivity (Wildman–Crippen MR) is 132 cm³/mol. The van der Waals surface area contributed by atoms with Gasteiger partial charge in [-0.05, 0) is 48.7 Å². The number of amides is 1. The van der Waals surface area contributed by atoms with E-state index in [1.54, 1.807) is 33.7 Å². The number of benzene rings is 2. The standard InChI is InChI=1S/C25H26ClF2N3O5/c1-35-23-5-2-16(10-21(23)26)14-30-24(33)20-11-18(36-19(12-27)13-28)3-4-22(20)31(25(30)34)17-6-8-29(15-32)9-7-17/h2-5,10-11,15,17,19H,6-9,12-14H2,1H3. The van der Waals surface area contributed by atoms with Gasteiger partial charge in [-0.2, -0.15) is 0 Å². The molecule has 2 heterocycles. The predicted octanol–water partition coefficient (Wildman–Crippen LogP) is 3.35. The molecule has 0 unspecified atom stereocenters. The number of halogens is 3. The number of aromatic nitrogens is 2. The van der Waals surface area contributed by atoms with E-state index in [9.17, 15) is 23.2 Å². The third kappa shape index (κ3) is 5.09. The lowest BCUT2D eigenvalue weighted by atomic mass is 10.0. The number of alkyl halides is 2. The van der Waals surface area contributed by atoms with Crippen molar-refractivity contribution in [1.29, 1.82) is 0 Å². The number of hydrogen-bond donors (Lipinski definition) is 0.